The molecule has 154 valence electrons. The number of nitrogens with one attached hydrogen (secondary N) is 2. The van der Waals surface area contributed by atoms with Crippen molar-refractivity contribution in [1.29, 1.82) is 0 Å². The summed E-state index contributed by atoms with van der Waals surface area (Å²) in [7, 11) is 3.85. The molecule has 1 aliphatic heterocycles. The highest BCUT2D eigenvalue weighted by molar-refractivity contribution is 5.98. The number of ether oxygens (including phenoxy) is 1. The van der Waals surface area contributed by atoms with Gasteiger partial charge in [-0.15, -0.1) is 0 Å². The largest absolute Gasteiger partial charge is 0.450 e. The molecule has 28 heavy (non-hydrogen) atoms. The number of pyridine rings is 1. The molecule has 1 aromatic heterocycles. The lowest BCUT2D eigenvalue weighted by molar-refractivity contribution is 0.0859. The van der Waals surface area contributed by atoms with Crippen molar-refractivity contribution >= 4 is 17.9 Å². The summed E-state index contributed by atoms with van der Waals surface area (Å²) in [5, 5.41) is 5.75. The van der Waals surface area contributed by atoms with Crippen molar-refractivity contribution in [3.05, 3.63) is 29.6 Å². The predicted molar refractivity (Wildman–Crippen MR) is 104 cm³/mol. The molecule has 0 spiro atoms. The van der Waals surface area contributed by atoms with Crippen LogP contribution >= 0.6 is 0 Å². The van der Waals surface area contributed by atoms with Crippen molar-refractivity contribution in [3.63, 3.8) is 0 Å². The summed E-state index contributed by atoms with van der Waals surface area (Å²) in [5.41, 5.74) is 0.601. The third-order valence-electron chi connectivity index (χ3n) is 4.46. The number of hydrogen-bond acceptors (Lipinski definition) is 6. The standard InChI is InChI=1S/C19H29N5O4/c1-4-28-19(27)24-10-6-15(7-11-24)22-17(25)14-5-8-20-16(13-14)18(26)21-9-12-23(2)3/h5,8,13,15H,4,6-7,9-12H2,1-3H3,(H,21,26)(H,22,25). The molecule has 0 saturated carbocycles. The topological polar surface area (TPSA) is 104 Å². The van der Waals surface area contributed by atoms with Gasteiger partial charge in [-0.25, -0.2) is 4.79 Å². The second-order valence-electron chi connectivity index (χ2n) is 6.92. The molecule has 3 amide bonds. The van der Waals surface area contributed by atoms with Crippen molar-refractivity contribution in [2.75, 3.05) is 46.9 Å². The molecule has 0 aliphatic carbocycles. The summed E-state index contributed by atoms with van der Waals surface area (Å²) >= 11 is 0. The molecule has 0 radical (unpaired) electrons. The molecule has 9 heteroatoms. The lowest BCUT2D eigenvalue weighted by Crippen LogP contribution is -2.46. The zero-order chi connectivity index (χ0) is 20.5. The Hall–Kier alpha value is -2.68. The van der Waals surface area contributed by atoms with Crippen molar-refractivity contribution in [2.24, 2.45) is 0 Å². The fraction of sp³-hybridized carbons (Fsp3) is 0.579. The van der Waals surface area contributed by atoms with Gasteiger partial charge in [-0.1, -0.05) is 0 Å². The molecule has 9 nitrogen and oxygen atoms in total. The van der Waals surface area contributed by atoms with Gasteiger partial charge in [0.2, 0.25) is 0 Å². The van der Waals surface area contributed by atoms with E-state index in [1.54, 1.807) is 17.9 Å². The lowest BCUT2D eigenvalue weighted by atomic mass is 10.0. The van der Waals surface area contributed by atoms with Gasteiger partial charge in [0.25, 0.3) is 11.8 Å². The number of carbonyl (C=O) groups is 3. The molecule has 0 atom stereocenters. The number of carbonyl (C=O) groups excluding carboxylic acids is 3. The molecule has 2 rings (SSSR count). The molecule has 1 fully saturated rings. The van der Waals surface area contributed by atoms with E-state index in [1.165, 1.54) is 12.3 Å². The van der Waals surface area contributed by atoms with Gasteiger partial charge in [0.15, 0.2) is 0 Å². The number of rotatable bonds is 7. The Balaban J connectivity index is 1.86. The average Bonchev–Trinajstić information content (AvgIpc) is 2.68. The second-order valence-corrected chi connectivity index (χ2v) is 6.92. The van der Waals surface area contributed by atoms with E-state index in [9.17, 15) is 14.4 Å². The van der Waals surface area contributed by atoms with Crippen LogP contribution in [0.25, 0.3) is 0 Å². The van der Waals surface area contributed by atoms with Crippen LogP contribution in [0.3, 0.4) is 0 Å². The van der Waals surface area contributed by atoms with Gasteiger partial charge in [0.05, 0.1) is 6.61 Å². The Morgan fingerprint density at radius 3 is 2.61 bits per heavy atom. The Morgan fingerprint density at radius 2 is 1.96 bits per heavy atom. The number of amides is 3. The highest BCUT2D eigenvalue weighted by Crippen LogP contribution is 2.12. The Bertz CT molecular complexity index is 687. The van der Waals surface area contributed by atoms with E-state index in [1.807, 2.05) is 19.0 Å². The molecule has 1 aliphatic rings. The van der Waals surface area contributed by atoms with Crippen LogP contribution in [0.5, 0.6) is 0 Å². The molecule has 2 heterocycles. The maximum atomic E-state index is 12.5. The summed E-state index contributed by atoms with van der Waals surface area (Å²) in [6.45, 7) is 4.43. The Morgan fingerprint density at radius 1 is 1.25 bits per heavy atom. The van der Waals surface area contributed by atoms with Gasteiger partial charge < -0.3 is 25.2 Å². The first-order chi connectivity index (χ1) is 13.4. The summed E-state index contributed by atoms with van der Waals surface area (Å²) in [5.74, 6) is -0.557. The Labute approximate surface area is 165 Å². The summed E-state index contributed by atoms with van der Waals surface area (Å²) in [6.07, 6.45) is 2.46. The summed E-state index contributed by atoms with van der Waals surface area (Å²) in [4.78, 5) is 44.1. The van der Waals surface area contributed by atoms with Gasteiger partial charge in [-0.05, 0) is 46.0 Å². The van der Waals surface area contributed by atoms with Crippen LogP contribution in [0.15, 0.2) is 18.3 Å². The molecular formula is C19H29N5O4. The molecular weight excluding hydrogens is 362 g/mol. The number of likely N-dealkylation sites (tertiary alicyclic amines) is 1. The van der Waals surface area contributed by atoms with Crippen molar-refractivity contribution in [2.45, 2.75) is 25.8 Å². The zero-order valence-electron chi connectivity index (χ0n) is 16.7. The van der Waals surface area contributed by atoms with Crippen LogP contribution in [0.2, 0.25) is 0 Å². The van der Waals surface area contributed by atoms with Gasteiger partial charge in [0, 0.05) is 44.0 Å². The van der Waals surface area contributed by atoms with E-state index >= 15 is 0 Å². The lowest BCUT2D eigenvalue weighted by Gasteiger charge is -2.31. The van der Waals surface area contributed by atoms with Crippen LogP contribution in [0, 0.1) is 0 Å². The van der Waals surface area contributed by atoms with E-state index in [0.717, 1.165) is 6.54 Å². The van der Waals surface area contributed by atoms with Crippen molar-refractivity contribution in [1.82, 2.24) is 25.4 Å². The SMILES string of the molecule is CCOC(=O)N1CCC(NC(=O)c2ccnc(C(=O)NCCN(C)C)c2)CC1. The van der Waals surface area contributed by atoms with Crippen molar-refractivity contribution in [3.8, 4) is 0 Å². The number of piperidine rings is 1. The monoisotopic (exact) mass is 391 g/mol. The second kappa shape index (κ2) is 10.6. The van der Waals surface area contributed by atoms with Crippen LogP contribution in [0.4, 0.5) is 4.79 Å². The minimum atomic E-state index is -0.314. The number of nitrogens with zero attached hydrogens (tertiary/aromatic N) is 3. The average molecular weight is 391 g/mol. The first-order valence-corrected chi connectivity index (χ1v) is 9.52. The molecule has 2 N–H and O–H groups in total. The number of hydrogen-bond donors (Lipinski definition) is 2. The van der Waals surface area contributed by atoms with E-state index in [0.29, 0.717) is 44.6 Å². The first kappa shape index (κ1) is 21.6. The fourth-order valence-electron chi connectivity index (χ4n) is 2.87. The summed E-state index contributed by atoms with van der Waals surface area (Å²) < 4.78 is 5.00. The first-order valence-electron chi connectivity index (χ1n) is 9.52. The molecule has 1 aromatic rings. The van der Waals surface area contributed by atoms with Crippen LogP contribution in [-0.4, -0.2) is 85.6 Å². The molecule has 0 aromatic carbocycles. The Kier molecular flexibility index (Phi) is 8.19. The van der Waals surface area contributed by atoms with E-state index in [2.05, 4.69) is 15.6 Å². The van der Waals surface area contributed by atoms with E-state index in [4.69, 9.17) is 4.74 Å². The highest BCUT2D eigenvalue weighted by atomic mass is 16.6. The van der Waals surface area contributed by atoms with Crippen LogP contribution < -0.4 is 10.6 Å². The number of aromatic nitrogens is 1. The minimum Gasteiger partial charge on any atom is -0.450 e. The maximum Gasteiger partial charge on any atom is 0.409 e. The highest BCUT2D eigenvalue weighted by Gasteiger charge is 2.25. The van der Waals surface area contributed by atoms with Gasteiger partial charge in [-0.3, -0.25) is 14.6 Å². The van der Waals surface area contributed by atoms with Crippen molar-refractivity contribution < 1.29 is 19.1 Å². The predicted octanol–water partition coefficient (Wildman–Crippen LogP) is 0.724. The van der Waals surface area contributed by atoms with Gasteiger partial charge >= 0.3 is 6.09 Å². The quantitative estimate of drug-likeness (QED) is 0.710. The minimum absolute atomic E-state index is 0.0243. The number of likely N-dealkylation sites (N-methyl/N-ethyl adjacent to an activating group) is 1. The third-order valence-corrected chi connectivity index (χ3v) is 4.46. The maximum absolute atomic E-state index is 12.5. The fourth-order valence-corrected chi connectivity index (χ4v) is 2.87. The normalized spacial score (nSPS) is 14.6. The van der Waals surface area contributed by atoms with Gasteiger partial charge in [-0.2, -0.15) is 0 Å². The van der Waals surface area contributed by atoms with Gasteiger partial charge in [0.1, 0.15) is 5.69 Å². The van der Waals surface area contributed by atoms with E-state index < -0.39 is 0 Å². The molecule has 0 unspecified atom stereocenters. The van der Waals surface area contributed by atoms with E-state index in [-0.39, 0.29) is 29.6 Å². The zero-order valence-corrected chi connectivity index (χ0v) is 16.7. The smallest absolute Gasteiger partial charge is 0.409 e. The summed E-state index contributed by atoms with van der Waals surface area (Å²) in [6, 6.07) is 3.05. The van der Waals surface area contributed by atoms with Crippen LogP contribution in [0.1, 0.15) is 40.6 Å². The molecule has 0 bridgehead atoms. The molecule has 1 saturated heterocycles. The van der Waals surface area contributed by atoms with Crippen LogP contribution in [-0.2, 0) is 4.74 Å². The third kappa shape index (κ3) is 6.49.